The van der Waals surface area contributed by atoms with Gasteiger partial charge in [-0.3, -0.25) is 4.79 Å². The van der Waals surface area contributed by atoms with Gasteiger partial charge in [0.25, 0.3) is 0 Å². The molecule has 1 aromatic carbocycles. The van der Waals surface area contributed by atoms with Crippen LogP contribution in [0.15, 0.2) is 12.1 Å². The molecule has 1 aromatic rings. The second-order valence-electron chi connectivity index (χ2n) is 9.39. The second kappa shape index (κ2) is 14.3. The summed E-state index contributed by atoms with van der Waals surface area (Å²) < 4.78 is 4.91. The summed E-state index contributed by atoms with van der Waals surface area (Å²) >= 11 is 0. The monoisotopic (exact) mass is 506 g/mol. The predicted octanol–water partition coefficient (Wildman–Crippen LogP) is 8.51. The lowest BCUT2D eigenvalue weighted by atomic mass is 9.78. The van der Waals surface area contributed by atoms with Crippen molar-refractivity contribution in [3.63, 3.8) is 0 Å². The van der Waals surface area contributed by atoms with Crippen LogP contribution in [0.25, 0.3) is 0 Å². The SMILES string of the molecule is C#CC#CC#CC#CC#CC#CC#CC#COC(=O)CCc1cc(C(C)(C)C)c(O)c(C(C)(C)C)c1.[HH].[HH].[HH].[HH].[HH].[HH].[HH].[HH].[HH].[HH].[HH].[HH].[HH].[HH].[HH].[HH].[HH].[HH]. The van der Waals surface area contributed by atoms with E-state index in [-0.39, 0.29) is 42.9 Å². The van der Waals surface area contributed by atoms with Gasteiger partial charge in [0.05, 0.1) is 6.42 Å². The summed E-state index contributed by atoms with van der Waals surface area (Å²) in [5.41, 5.74) is 2.19. The molecule has 0 radical (unpaired) electrons. The van der Waals surface area contributed by atoms with Crippen molar-refractivity contribution in [3.05, 3.63) is 28.8 Å². The highest BCUT2D eigenvalue weighted by atomic mass is 16.5. The van der Waals surface area contributed by atoms with Gasteiger partial charge in [0.2, 0.25) is 0 Å². The highest BCUT2D eigenvalue weighted by Gasteiger charge is 2.26. The Morgan fingerprint density at radius 3 is 1.56 bits per heavy atom. The van der Waals surface area contributed by atoms with Crippen LogP contribution < -0.4 is 0 Å². The van der Waals surface area contributed by atoms with Crippen molar-refractivity contribution in [2.24, 2.45) is 0 Å². The number of phenolic OH excluding ortho intramolecular Hbond substituents is 1. The molecule has 1 N–H and O–H groups in total. The van der Waals surface area contributed by atoms with Gasteiger partial charge in [-0.15, -0.1) is 6.42 Å². The van der Waals surface area contributed by atoms with E-state index in [0.717, 1.165) is 16.7 Å². The maximum absolute atomic E-state index is 12.1. The third-order valence-corrected chi connectivity index (χ3v) is 4.44. The molecule has 0 aromatic heterocycles. The standard InChI is InChI=1S/C33H26O3.18H2/c1-8-9-10-11-12-13-14-15-16-17-18-19-20-21-24-36-30(34)23-22-27-25-28(32(2,3)4)31(35)29(26-27)33(5,6)7;;;;;;;;;;;;;;;;;;/h1,25-26,35H,22-23H2,2-7H3;18*1H. The number of ether oxygens (including phenoxy) is 1. The van der Waals surface area contributed by atoms with Crippen LogP contribution in [0.5, 0.6) is 5.75 Å². The van der Waals surface area contributed by atoms with Crippen molar-refractivity contribution in [3.8, 4) is 101 Å². The molecular weight excluding hydrogens is 444 g/mol. The molecule has 212 valence electrons. The fourth-order valence-corrected chi connectivity index (χ4v) is 2.77. The van der Waals surface area contributed by atoms with Crippen molar-refractivity contribution in [2.45, 2.75) is 65.2 Å². The molecule has 0 spiro atoms. The van der Waals surface area contributed by atoms with Crippen LogP contribution in [0.3, 0.4) is 0 Å². The zero-order valence-corrected chi connectivity index (χ0v) is 21.4. The zero-order valence-electron chi connectivity index (χ0n) is 21.4. The molecule has 3 nitrogen and oxygen atoms in total. The number of hydrogen-bond acceptors (Lipinski definition) is 3. The fraction of sp³-hybridized carbons (Fsp3) is 0.303. The minimum atomic E-state index is -0.462. The Balaban J connectivity index is -0.0000000450. The van der Waals surface area contributed by atoms with Crippen LogP contribution in [0, 0.1) is 95.4 Å². The van der Waals surface area contributed by atoms with Gasteiger partial charge in [0, 0.05) is 67.1 Å². The van der Waals surface area contributed by atoms with Crippen LogP contribution in [0.2, 0.25) is 0 Å². The fourth-order valence-electron chi connectivity index (χ4n) is 2.77. The minimum absolute atomic E-state index is 0. The van der Waals surface area contributed by atoms with Crippen LogP contribution in [0.1, 0.15) is 90.3 Å². The van der Waals surface area contributed by atoms with Crippen molar-refractivity contribution in [1.82, 2.24) is 0 Å². The Morgan fingerprint density at radius 1 is 0.778 bits per heavy atom. The summed E-state index contributed by atoms with van der Waals surface area (Å²) in [6.45, 7) is 12.3. The topological polar surface area (TPSA) is 46.5 Å². The van der Waals surface area contributed by atoms with Gasteiger partial charge in [-0.2, -0.15) is 0 Å². The Bertz CT molecular complexity index is 1500. The maximum atomic E-state index is 12.1. The van der Waals surface area contributed by atoms with Gasteiger partial charge in [0.1, 0.15) is 11.9 Å². The van der Waals surface area contributed by atoms with Gasteiger partial charge >= 0.3 is 5.97 Å². The summed E-state index contributed by atoms with van der Waals surface area (Å²) in [6.07, 6.45) is 7.82. The molecule has 0 aliphatic carbocycles. The Hall–Kier alpha value is -5.03. The number of terminal acetylenes is 1. The average molecular weight is 507 g/mol. The molecule has 0 saturated heterocycles. The van der Waals surface area contributed by atoms with Crippen LogP contribution in [0.4, 0.5) is 0 Å². The molecule has 0 aliphatic heterocycles. The highest BCUT2D eigenvalue weighted by Crippen LogP contribution is 2.39. The zero-order chi connectivity index (χ0) is 27.0. The first kappa shape index (κ1) is 29.0. The molecule has 0 amide bonds. The first-order valence-electron chi connectivity index (χ1n) is 11.0. The summed E-state index contributed by atoms with van der Waals surface area (Å²) in [6, 6.07) is 3.90. The maximum Gasteiger partial charge on any atom is 0.320 e. The summed E-state index contributed by atoms with van der Waals surface area (Å²) in [5.74, 6) is 33.9. The summed E-state index contributed by atoms with van der Waals surface area (Å²) in [7, 11) is 0. The summed E-state index contributed by atoms with van der Waals surface area (Å²) in [5, 5.41) is 10.8. The van der Waals surface area contributed by atoms with Crippen molar-refractivity contribution >= 4 is 5.97 Å². The normalized spacial score (nSPS) is 8.81. The number of phenols is 1. The lowest BCUT2D eigenvalue weighted by molar-refractivity contribution is -0.136. The van der Waals surface area contributed by atoms with E-state index in [2.05, 4.69) is 89.0 Å². The number of benzene rings is 1. The number of carbonyl (C=O) groups is 1. The van der Waals surface area contributed by atoms with Gasteiger partial charge < -0.3 is 9.84 Å². The molecule has 0 aliphatic rings. The highest BCUT2D eigenvalue weighted by molar-refractivity contribution is 5.71. The number of esters is 1. The van der Waals surface area contributed by atoms with E-state index < -0.39 is 5.97 Å². The van der Waals surface area contributed by atoms with E-state index in [1.54, 1.807) is 0 Å². The van der Waals surface area contributed by atoms with Crippen LogP contribution >= 0.6 is 0 Å². The van der Waals surface area contributed by atoms with Gasteiger partial charge in [-0.05, 0) is 75.4 Å². The second-order valence-corrected chi connectivity index (χ2v) is 9.39. The van der Waals surface area contributed by atoms with Crippen LogP contribution in [-0.2, 0) is 26.8 Å². The number of hydrogen-bond donors (Lipinski definition) is 1. The molecule has 0 heterocycles. The van der Waals surface area contributed by atoms with E-state index in [0.29, 0.717) is 12.2 Å². The van der Waals surface area contributed by atoms with Crippen molar-refractivity contribution < 1.29 is 40.3 Å². The quantitative estimate of drug-likeness (QED) is 0.330. The molecule has 0 saturated carbocycles. The summed E-state index contributed by atoms with van der Waals surface area (Å²) in [4.78, 5) is 12.1. The Labute approximate surface area is 242 Å². The molecule has 0 bridgehead atoms. The average Bonchev–Trinajstić information content (AvgIpc) is 2.79. The van der Waals surface area contributed by atoms with Gasteiger partial charge in [0.15, 0.2) is 0 Å². The largest absolute Gasteiger partial charge is 0.507 e. The first-order valence-corrected chi connectivity index (χ1v) is 11.0. The molecule has 3 heteroatoms. The lowest BCUT2D eigenvalue weighted by Crippen LogP contribution is -2.18. The number of carbonyl (C=O) groups excluding carboxylic acids is 1. The third-order valence-electron chi connectivity index (χ3n) is 4.44. The van der Waals surface area contributed by atoms with Crippen LogP contribution in [-0.4, -0.2) is 11.1 Å². The molecule has 0 atom stereocenters. The lowest BCUT2D eigenvalue weighted by Gasteiger charge is -2.28. The molecular formula is C33H62O3. The number of rotatable bonds is 3. The first-order chi connectivity index (χ1) is 17.0. The third kappa shape index (κ3) is 11.2. The minimum Gasteiger partial charge on any atom is -0.507 e. The van der Waals surface area contributed by atoms with Gasteiger partial charge in [-0.1, -0.05) is 53.7 Å². The number of aromatic hydroxyl groups is 1. The predicted molar refractivity (Wildman–Crippen MR) is 181 cm³/mol. The molecule has 1 rings (SSSR count). The molecule has 0 fully saturated rings. The van der Waals surface area contributed by atoms with E-state index in [4.69, 9.17) is 11.2 Å². The van der Waals surface area contributed by atoms with E-state index in [9.17, 15) is 9.90 Å². The Kier molecular flexibility index (Phi) is 11.5. The molecule has 0 unspecified atom stereocenters. The molecule has 36 heavy (non-hydrogen) atoms. The van der Waals surface area contributed by atoms with E-state index >= 15 is 0 Å². The van der Waals surface area contributed by atoms with E-state index in [1.807, 2.05) is 53.7 Å². The van der Waals surface area contributed by atoms with E-state index in [1.165, 1.54) is 0 Å². The van der Waals surface area contributed by atoms with Crippen molar-refractivity contribution in [2.75, 3.05) is 0 Å². The number of aryl methyl sites for hydroxylation is 1. The van der Waals surface area contributed by atoms with Crippen molar-refractivity contribution in [1.29, 1.82) is 0 Å². The Morgan fingerprint density at radius 2 is 1.17 bits per heavy atom. The van der Waals surface area contributed by atoms with Gasteiger partial charge in [-0.25, -0.2) is 0 Å². The smallest absolute Gasteiger partial charge is 0.320 e.